The van der Waals surface area contributed by atoms with Gasteiger partial charge in [-0.15, -0.1) is 0 Å². The molecule has 0 aliphatic rings. The molecule has 31 heavy (non-hydrogen) atoms. The SMILES string of the molecule is N#CC(=Cc1cccc(OCCC(=O)NCCCc2ccccc2)c1)c1ccccn1. The number of hydrogen-bond acceptors (Lipinski definition) is 4. The van der Waals surface area contributed by atoms with E-state index in [4.69, 9.17) is 4.74 Å². The molecule has 1 aromatic heterocycles. The quantitative estimate of drug-likeness (QED) is 0.389. The zero-order chi connectivity index (χ0) is 21.7. The van der Waals surface area contributed by atoms with Crippen LogP contribution >= 0.6 is 0 Å². The molecule has 0 atom stereocenters. The van der Waals surface area contributed by atoms with Crippen molar-refractivity contribution in [3.8, 4) is 11.8 Å². The summed E-state index contributed by atoms with van der Waals surface area (Å²) >= 11 is 0. The molecule has 0 radical (unpaired) electrons. The van der Waals surface area contributed by atoms with Crippen molar-refractivity contribution in [1.82, 2.24) is 10.3 Å². The number of nitrogens with zero attached hydrogens (tertiary/aromatic N) is 2. The molecule has 1 heterocycles. The summed E-state index contributed by atoms with van der Waals surface area (Å²) in [6.07, 6.45) is 5.58. The van der Waals surface area contributed by atoms with E-state index in [9.17, 15) is 10.1 Å². The molecular weight excluding hydrogens is 386 g/mol. The minimum atomic E-state index is -0.0222. The molecule has 5 nitrogen and oxygen atoms in total. The van der Waals surface area contributed by atoms with Crippen molar-refractivity contribution in [1.29, 1.82) is 5.26 Å². The van der Waals surface area contributed by atoms with Crippen molar-refractivity contribution >= 4 is 17.6 Å². The van der Waals surface area contributed by atoms with E-state index in [2.05, 4.69) is 28.5 Å². The monoisotopic (exact) mass is 411 g/mol. The molecule has 3 rings (SSSR count). The molecular formula is C26H25N3O2. The smallest absolute Gasteiger partial charge is 0.223 e. The number of hydrogen-bond donors (Lipinski definition) is 1. The summed E-state index contributed by atoms with van der Waals surface area (Å²) in [5.41, 5.74) is 3.22. The highest BCUT2D eigenvalue weighted by Crippen LogP contribution is 2.19. The Morgan fingerprint density at radius 3 is 2.68 bits per heavy atom. The van der Waals surface area contributed by atoms with Crippen molar-refractivity contribution in [3.63, 3.8) is 0 Å². The fourth-order valence-electron chi connectivity index (χ4n) is 3.06. The molecule has 5 heteroatoms. The van der Waals surface area contributed by atoms with Gasteiger partial charge in [0.2, 0.25) is 5.91 Å². The average molecular weight is 412 g/mol. The van der Waals surface area contributed by atoms with E-state index in [1.165, 1.54) is 5.56 Å². The lowest BCUT2D eigenvalue weighted by Crippen LogP contribution is -2.26. The summed E-state index contributed by atoms with van der Waals surface area (Å²) < 4.78 is 5.73. The predicted octanol–water partition coefficient (Wildman–Crippen LogP) is 4.66. The van der Waals surface area contributed by atoms with Crippen molar-refractivity contribution in [2.45, 2.75) is 19.3 Å². The molecule has 0 aliphatic carbocycles. The second kappa shape index (κ2) is 11.9. The summed E-state index contributed by atoms with van der Waals surface area (Å²) in [5, 5.41) is 12.4. The summed E-state index contributed by atoms with van der Waals surface area (Å²) in [7, 11) is 0. The summed E-state index contributed by atoms with van der Waals surface area (Å²) in [6.45, 7) is 0.946. The number of pyridine rings is 1. The lowest BCUT2D eigenvalue weighted by Gasteiger charge is -2.08. The number of aromatic nitrogens is 1. The first-order chi connectivity index (χ1) is 15.2. The van der Waals surface area contributed by atoms with Crippen molar-refractivity contribution in [2.75, 3.05) is 13.2 Å². The summed E-state index contributed by atoms with van der Waals surface area (Å²) in [5.74, 6) is 0.634. The topological polar surface area (TPSA) is 75.0 Å². The van der Waals surface area contributed by atoms with Gasteiger partial charge in [-0.1, -0.05) is 48.5 Å². The van der Waals surface area contributed by atoms with Gasteiger partial charge in [-0.3, -0.25) is 9.78 Å². The van der Waals surface area contributed by atoms with Crippen molar-refractivity contribution < 1.29 is 9.53 Å². The Bertz CT molecular complexity index is 1040. The first-order valence-corrected chi connectivity index (χ1v) is 10.3. The number of carbonyl (C=O) groups excluding carboxylic acids is 1. The molecule has 0 unspecified atom stereocenters. The fraction of sp³-hybridized carbons (Fsp3) is 0.192. The van der Waals surface area contributed by atoms with Crippen LogP contribution in [0.1, 0.15) is 29.7 Å². The van der Waals surface area contributed by atoms with E-state index < -0.39 is 0 Å². The third-order valence-electron chi connectivity index (χ3n) is 4.64. The Kier molecular flexibility index (Phi) is 8.39. The van der Waals surface area contributed by atoms with E-state index >= 15 is 0 Å². The second-order valence-electron chi connectivity index (χ2n) is 6.99. The Labute approximate surface area is 183 Å². The van der Waals surface area contributed by atoms with E-state index in [-0.39, 0.29) is 5.91 Å². The van der Waals surface area contributed by atoms with Crippen LogP contribution in [0.2, 0.25) is 0 Å². The highest BCUT2D eigenvalue weighted by Gasteiger charge is 2.04. The summed E-state index contributed by atoms with van der Waals surface area (Å²) in [4.78, 5) is 16.2. The van der Waals surface area contributed by atoms with Gasteiger partial charge in [0.1, 0.15) is 11.8 Å². The van der Waals surface area contributed by atoms with Gasteiger partial charge in [0.15, 0.2) is 0 Å². The summed E-state index contributed by atoms with van der Waals surface area (Å²) in [6, 6.07) is 25.3. The van der Waals surface area contributed by atoms with Gasteiger partial charge >= 0.3 is 0 Å². The van der Waals surface area contributed by atoms with E-state index in [1.807, 2.05) is 54.6 Å². The van der Waals surface area contributed by atoms with Gasteiger partial charge in [0.05, 0.1) is 24.3 Å². The number of rotatable bonds is 10. The molecule has 0 saturated heterocycles. The number of aryl methyl sites for hydroxylation is 1. The number of nitrogens with one attached hydrogen (secondary N) is 1. The molecule has 3 aromatic rings. The standard InChI is InChI=1S/C26H25N3O2/c27-20-23(25-13-4-5-15-28-25)18-22-10-6-12-24(19-22)31-17-14-26(30)29-16-7-11-21-8-2-1-3-9-21/h1-6,8-10,12-13,15,18-19H,7,11,14,16-17H2,(H,29,30). The zero-order valence-electron chi connectivity index (χ0n) is 17.3. The minimum Gasteiger partial charge on any atom is -0.493 e. The molecule has 0 fully saturated rings. The second-order valence-corrected chi connectivity index (χ2v) is 6.99. The minimum absolute atomic E-state index is 0.0222. The number of amides is 1. The van der Waals surface area contributed by atoms with Crippen LogP contribution in [0.3, 0.4) is 0 Å². The van der Waals surface area contributed by atoms with E-state index in [0.29, 0.717) is 36.6 Å². The van der Waals surface area contributed by atoms with Gasteiger partial charge < -0.3 is 10.1 Å². The first kappa shape index (κ1) is 21.8. The Balaban J connectivity index is 1.43. The van der Waals surface area contributed by atoms with E-state index in [0.717, 1.165) is 18.4 Å². The maximum atomic E-state index is 12.0. The van der Waals surface area contributed by atoms with Crippen LogP contribution in [-0.2, 0) is 11.2 Å². The average Bonchev–Trinajstić information content (AvgIpc) is 2.82. The number of benzene rings is 2. The zero-order valence-corrected chi connectivity index (χ0v) is 17.3. The Morgan fingerprint density at radius 2 is 1.90 bits per heavy atom. The predicted molar refractivity (Wildman–Crippen MR) is 122 cm³/mol. The molecule has 0 bridgehead atoms. The molecule has 0 aliphatic heterocycles. The maximum absolute atomic E-state index is 12.0. The molecule has 156 valence electrons. The van der Waals surface area contributed by atoms with Crippen molar-refractivity contribution in [3.05, 3.63) is 95.8 Å². The highest BCUT2D eigenvalue weighted by molar-refractivity contribution is 5.88. The first-order valence-electron chi connectivity index (χ1n) is 10.3. The lowest BCUT2D eigenvalue weighted by atomic mass is 10.1. The Hall–Kier alpha value is -3.91. The number of ether oxygens (including phenoxy) is 1. The van der Waals surface area contributed by atoms with Crippen LogP contribution in [0.4, 0.5) is 0 Å². The third kappa shape index (κ3) is 7.45. The van der Waals surface area contributed by atoms with Crippen LogP contribution in [0.25, 0.3) is 11.6 Å². The third-order valence-corrected chi connectivity index (χ3v) is 4.64. The van der Waals surface area contributed by atoms with Gasteiger partial charge in [-0.2, -0.15) is 5.26 Å². The van der Waals surface area contributed by atoms with Crippen molar-refractivity contribution in [2.24, 2.45) is 0 Å². The van der Waals surface area contributed by atoms with E-state index in [1.54, 1.807) is 18.3 Å². The molecule has 0 saturated carbocycles. The van der Waals surface area contributed by atoms with Crippen LogP contribution < -0.4 is 10.1 Å². The molecule has 1 N–H and O–H groups in total. The van der Waals surface area contributed by atoms with Gasteiger partial charge in [0.25, 0.3) is 0 Å². The van der Waals surface area contributed by atoms with Crippen LogP contribution in [0.15, 0.2) is 79.0 Å². The molecule has 0 spiro atoms. The fourth-order valence-corrected chi connectivity index (χ4v) is 3.06. The van der Waals surface area contributed by atoms with Crippen LogP contribution in [0.5, 0.6) is 5.75 Å². The maximum Gasteiger partial charge on any atom is 0.223 e. The van der Waals surface area contributed by atoms with Gasteiger partial charge in [-0.05, 0) is 54.3 Å². The van der Waals surface area contributed by atoms with Gasteiger partial charge in [0, 0.05) is 12.7 Å². The number of carbonyl (C=O) groups is 1. The largest absolute Gasteiger partial charge is 0.493 e. The Morgan fingerprint density at radius 1 is 1.06 bits per heavy atom. The van der Waals surface area contributed by atoms with Gasteiger partial charge in [-0.25, -0.2) is 0 Å². The highest BCUT2D eigenvalue weighted by atomic mass is 16.5. The number of allylic oxidation sites excluding steroid dienone is 1. The molecule has 2 aromatic carbocycles. The number of nitriles is 1. The van der Waals surface area contributed by atoms with Crippen LogP contribution in [0, 0.1) is 11.3 Å². The van der Waals surface area contributed by atoms with Crippen LogP contribution in [-0.4, -0.2) is 24.0 Å². The molecule has 1 amide bonds. The normalized spacial score (nSPS) is 10.9. The lowest BCUT2D eigenvalue weighted by molar-refractivity contribution is -0.121.